The first-order valence-corrected chi connectivity index (χ1v) is 8.97. The topological polar surface area (TPSA) is 60.6 Å². The lowest BCUT2D eigenvalue weighted by atomic mass is 9.94. The normalized spacial score (nSPS) is 20.7. The Morgan fingerprint density at radius 2 is 1.96 bits per heavy atom. The van der Waals surface area contributed by atoms with Crippen molar-refractivity contribution in [3.05, 3.63) is 66.3 Å². The number of nitrogens with zero attached hydrogens (tertiary/aromatic N) is 5. The Morgan fingerprint density at radius 1 is 1.04 bits per heavy atom. The maximum atomic E-state index is 4.64. The summed E-state index contributed by atoms with van der Waals surface area (Å²) >= 11 is 0. The van der Waals surface area contributed by atoms with Crippen LogP contribution in [0.15, 0.2) is 49.2 Å². The van der Waals surface area contributed by atoms with Gasteiger partial charge in [0, 0.05) is 37.5 Å². The number of aromatic nitrogens is 5. The highest BCUT2D eigenvalue weighted by Crippen LogP contribution is 2.32. The highest BCUT2D eigenvalue weighted by Gasteiger charge is 2.27. The lowest BCUT2D eigenvalue weighted by molar-refractivity contribution is 0.307. The standard InChI is InChI=1S/C19H24N6/c1-15-5-3-8-20-18(15)16-6-2-7-17(23-16)19-21-10-12-24(19)13-14-25-11-4-9-22-25/h3-5,8-12,16-17,23H,2,6-7,13-14H2,1H3/t16-,17?/m0/s1. The van der Waals surface area contributed by atoms with E-state index in [2.05, 4.69) is 44.1 Å². The van der Waals surface area contributed by atoms with Crippen molar-refractivity contribution < 1.29 is 0 Å². The van der Waals surface area contributed by atoms with Gasteiger partial charge in [0.05, 0.1) is 24.3 Å². The van der Waals surface area contributed by atoms with E-state index in [9.17, 15) is 0 Å². The smallest absolute Gasteiger partial charge is 0.125 e. The predicted molar refractivity (Wildman–Crippen MR) is 95.9 cm³/mol. The Morgan fingerprint density at radius 3 is 2.80 bits per heavy atom. The van der Waals surface area contributed by atoms with Gasteiger partial charge in [0.2, 0.25) is 0 Å². The van der Waals surface area contributed by atoms with Crippen molar-refractivity contribution in [2.75, 3.05) is 0 Å². The summed E-state index contributed by atoms with van der Waals surface area (Å²) in [5, 5.41) is 8.06. The Kier molecular flexibility index (Phi) is 4.61. The zero-order valence-corrected chi connectivity index (χ0v) is 14.5. The summed E-state index contributed by atoms with van der Waals surface area (Å²) in [6, 6.07) is 6.67. The quantitative estimate of drug-likeness (QED) is 0.778. The number of rotatable bonds is 5. The number of pyridine rings is 1. The summed E-state index contributed by atoms with van der Waals surface area (Å²) in [5.41, 5.74) is 2.42. The first-order chi connectivity index (χ1) is 12.3. The van der Waals surface area contributed by atoms with E-state index in [1.165, 1.54) is 17.7 Å². The molecule has 3 aromatic heterocycles. The molecule has 4 rings (SSSR count). The third-order valence-electron chi connectivity index (χ3n) is 4.96. The monoisotopic (exact) mass is 336 g/mol. The second-order valence-electron chi connectivity index (χ2n) is 6.66. The molecule has 130 valence electrons. The van der Waals surface area contributed by atoms with Crippen LogP contribution in [-0.2, 0) is 13.1 Å². The fourth-order valence-electron chi connectivity index (χ4n) is 3.68. The SMILES string of the molecule is Cc1cccnc1[C@@H]1CCCC(c2nccn2CCn2cccn2)N1. The summed E-state index contributed by atoms with van der Waals surface area (Å²) in [7, 11) is 0. The van der Waals surface area contributed by atoms with Crippen molar-refractivity contribution >= 4 is 0 Å². The van der Waals surface area contributed by atoms with Crippen molar-refractivity contribution in [1.82, 2.24) is 29.6 Å². The second kappa shape index (κ2) is 7.19. The van der Waals surface area contributed by atoms with Gasteiger partial charge in [-0.15, -0.1) is 0 Å². The summed E-state index contributed by atoms with van der Waals surface area (Å²) in [6.07, 6.45) is 13.1. The molecule has 4 heterocycles. The number of piperidine rings is 1. The minimum atomic E-state index is 0.271. The molecular formula is C19H24N6. The van der Waals surface area contributed by atoms with Crippen LogP contribution < -0.4 is 5.32 Å². The lowest BCUT2D eigenvalue weighted by Crippen LogP contribution is -2.33. The van der Waals surface area contributed by atoms with E-state index in [-0.39, 0.29) is 6.04 Å². The number of nitrogens with one attached hydrogen (secondary N) is 1. The van der Waals surface area contributed by atoms with Crippen LogP contribution in [0.5, 0.6) is 0 Å². The third kappa shape index (κ3) is 3.49. The fourth-order valence-corrected chi connectivity index (χ4v) is 3.68. The molecule has 0 radical (unpaired) electrons. The van der Waals surface area contributed by atoms with Crippen LogP contribution in [0.2, 0.25) is 0 Å². The van der Waals surface area contributed by atoms with Crippen LogP contribution in [-0.4, -0.2) is 24.3 Å². The van der Waals surface area contributed by atoms with E-state index < -0.39 is 0 Å². The van der Waals surface area contributed by atoms with E-state index in [1.54, 1.807) is 0 Å². The van der Waals surface area contributed by atoms with Gasteiger partial charge in [-0.3, -0.25) is 15.0 Å². The van der Waals surface area contributed by atoms with E-state index in [0.717, 1.165) is 31.8 Å². The molecule has 0 aliphatic carbocycles. The summed E-state index contributed by atoms with van der Waals surface area (Å²) in [5.74, 6) is 1.12. The van der Waals surface area contributed by atoms with Crippen molar-refractivity contribution in [3.63, 3.8) is 0 Å². The average molecular weight is 336 g/mol. The molecule has 25 heavy (non-hydrogen) atoms. The molecule has 2 atom stereocenters. The van der Waals surface area contributed by atoms with Crippen LogP contribution in [0.25, 0.3) is 0 Å². The molecule has 1 fully saturated rings. The second-order valence-corrected chi connectivity index (χ2v) is 6.66. The van der Waals surface area contributed by atoms with Gasteiger partial charge in [0.1, 0.15) is 5.82 Å². The average Bonchev–Trinajstić information content (AvgIpc) is 3.32. The number of aryl methyl sites for hydroxylation is 3. The van der Waals surface area contributed by atoms with Gasteiger partial charge in [-0.2, -0.15) is 5.10 Å². The van der Waals surface area contributed by atoms with Crippen molar-refractivity contribution in [2.45, 2.75) is 51.4 Å². The summed E-state index contributed by atoms with van der Waals surface area (Å²) in [4.78, 5) is 9.25. The molecule has 0 bridgehead atoms. The van der Waals surface area contributed by atoms with Crippen molar-refractivity contribution in [2.24, 2.45) is 0 Å². The molecule has 0 spiro atoms. The largest absolute Gasteiger partial charge is 0.332 e. The summed E-state index contributed by atoms with van der Waals surface area (Å²) in [6.45, 7) is 3.87. The Bertz CT molecular complexity index is 807. The molecule has 0 saturated carbocycles. The highest BCUT2D eigenvalue weighted by molar-refractivity contribution is 5.22. The summed E-state index contributed by atoms with van der Waals surface area (Å²) < 4.78 is 4.20. The first kappa shape index (κ1) is 16.0. The van der Waals surface area contributed by atoms with Crippen LogP contribution in [0.3, 0.4) is 0 Å². The van der Waals surface area contributed by atoms with Gasteiger partial charge in [0.15, 0.2) is 0 Å². The Labute approximate surface area is 147 Å². The van der Waals surface area contributed by atoms with Gasteiger partial charge in [-0.1, -0.05) is 6.07 Å². The minimum Gasteiger partial charge on any atom is -0.332 e. The minimum absolute atomic E-state index is 0.271. The van der Waals surface area contributed by atoms with Crippen LogP contribution in [0.1, 0.15) is 48.4 Å². The molecule has 3 aromatic rings. The molecule has 1 saturated heterocycles. The molecule has 1 N–H and O–H groups in total. The third-order valence-corrected chi connectivity index (χ3v) is 4.96. The van der Waals surface area contributed by atoms with Gasteiger partial charge >= 0.3 is 0 Å². The predicted octanol–water partition coefficient (Wildman–Crippen LogP) is 3.04. The maximum Gasteiger partial charge on any atom is 0.125 e. The van der Waals surface area contributed by atoms with Crippen LogP contribution in [0.4, 0.5) is 0 Å². The Hall–Kier alpha value is -2.47. The van der Waals surface area contributed by atoms with Crippen LogP contribution in [0, 0.1) is 6.92 Å². The van der Waals surface area contributed by atoms with E-state index in [0.29, 0.717) is 6.04 Å². The van der Waals surface area contributed by atoms with Crippen molar-refractivity contribution in [1.29, 1.82) is 0 Å². The zero-order chi connectivity index (χ0) is 17.1. The van der Waals surface area contributed by atoms with Crippen LogP contribution >= 0.6 is 0 Å². The van der Waals surface area contributed by atoms with Gasteiger partial charge in [0.25, 0.3) is 0 Å². The molecule has 0 aromatic carbocycles. The molecule has 1 aliphatic heterocycles. The van der Waals surface area contributed by atoms with Gasteiger partial charge in [-0.25, -0.2) is 4.98 Å². The number of hydrogen-bond acceptors (Lipinski definition) is 4. The molecular weight excluding hydrogens is 312 g/mol. The molecule has 1 aliphatic rings. The highest BCUT2D eigenvalue weighted by atomic mass is 15.3. The molecule has 6 heteroatoms. The number of hydrogen-bond donors (Lipinski definition) is 1. The zero-order valence-electron chi connectivity index (χ0n) is 14.5. The molecule has 0 amide bonds. The van der Waals surface area contributed by atoms with E-state index in [4.69, 9.17) is 0 Å². The Balaban J connectivity index is 1.48. The van der Waals surface area contributed by atoms with Gasteiger partial charge in [-0.05, 0) is 43.9 Å². The molecule has 6 nitrogen and oxygen atoms in total. The fraction of sp³-hybridized carbons (Fsp3) is 0.421. The van der Waals surface area contributed by atoms with E-state index in [1.807, 2.05) is 41.6 Å². The molecule has 1 unspecified atom stereocenters. The van der Waals surface area contributed by atoms with E-state index >= 15 is 0 Å². The lowest BCUT2D eigenvalue weighted by Gasteiger charge is -2.31. The first-order valence-electron chi connectivity index (χ1n) is 8.97. The maximum absolute atomic E-state index is 4.64. The van der Waals surface area contributed by atoms with Crippen molar-refractivity contribution in [3.8, 4) is 0 Å². The number of imidazole rings is 1. The van der Waals surface area contributed by atoms with Gasteiger partial charge < -0.3 is 4.57 Å².